The highest BCUT2D eigenvalue weighted by atomic mass is 15.6. The fraction of sp³-hybridized carbons (Fsp3) is 0.286. The molecule has 6 heteroatoms. The van der Waals surface area contributed by atoms with E-state index >= 15 is 0 Å². The van der Waals surface area contributed by atoms with E-state index in [-0.39, 0.29) is 5.95 Å². The number of aryl methyl sites for hydroxylation is 2. The molecule has 0 spiro atoms. The molecular weight excluding hydrogens is 252 g/mol. The average Bonchev–Trinajstić information content (AvgIpc) is 2.61. The molecule has 0 saturated carbocycles. The fourth-order valence-corrected chi connectivity index (χ4v) is 2.92. The predicted molar refractivity (Wildman–Crippen MR) is 78.9 cm³/mol. The van der Waals surface area contributed by atoms with Crippen LogP contribution in [-0.2, 0) is 5.66 Å². The first kappa shape index (κ1) is 12.8. The first-order chi connectivity index (χ1) is 9.43. The number of hydrogen-bond acceptors (Lipinski definition) is 6. The second-order valence-electron chi connectivity index (χ2n) is 5.21. The summed E-state index contributed by atoms with van der Waals surface area (Å²) >= 11 is 0. The van der Waals surface area contributed by atoms with Gasteiger partial charge < -0.3 is 11.5 Å². The van der Waals surface area contributed by atoms with Crippen molar-refractivity contribution in [1.29, 1.82) is 0 Å². The number of nitrogens with two attached hydrogens (primary N) is 2. The van der Waals surface area contributed by atoms with Crippen LogP contribution in [0.3, 0.4) is 0 Å². The van der Waals surface area contributed by atoms with Gasteiger partial charge in [0.05, 0.1) is 5.56 Å². The van der Waals surface area contributed by atoms with Gasteiger partial charge in [-0.1, -0.05) is 18.2 Å². The largest absolute Gasteiger partial charge is 0.368 e. The molecule has 1 aromatic heterocycles. The van der Waals surface area contributed by atoms with Gasteiger partial charge in [0.1, 0.15) is 5.66 Å². The highest BCUT2D eigenvalue weighted by molar-refractivity contribution is 5.61. The number of anilines is 2. The second kappa shape index (κ2) is 4.16. The van der Waals surface area contributed by atoms with E-state index in [1.807, 2.05) is 13.1 Å². The van der Waals surface area contributed by atoms with Gasteiger partial charge in [-0.25, -0.2) is 10.4 Å². The first-order valence-corrected chi connectivity index (χ1v) is 6.43. The summed E-state index contributed by atoms with van der Waals surface area (Å²) < 4.78 is 0. The number of hydrogen-bond donors (Lipinski definition) is 3. The van der Waals surface area contributed by atoms with E-state index in [9.17, 15) is 0 Å². The van der Waals surface area contributed by atoms with Gasteiger partial charge >= 0.3 is 0 Å². The summed E-state index contributed by atoms with van der Waals surface area (Å²) in [6.07, 6.45) is 1.69. The Morgan fingerprint density at radius 3 is 2.55 bits per heavy atom. The summed E-state index contributed by atoms with van der Waals surface area (Å²) in [7, 11) is 1.87. The fourth-order valence-electron chi connectivity index (χ4n) is 2.92. The third-order valence-corrected chi connectivity index (χ3v) is 3.75. The number of fused-ring (bicyclic) bond motifs is 1. The molecule has 0 aliphatic carbocycles. The maximum absolute atomic E-state index is 6.66. The van der Waals surface area contributed by atoms with E-state index in [4.69, 9.17) is 11.5 Å². The lowest BCUT2D eigenvalue weighted by Gasteiger charge is -2.29. The Morgan fingerprint density at radius 1 is 1.25 bits per heavy atom. The lowest BCUT2D eigenvalue weighted by Crippen LogP contribution is -2.52. The van der Waals surface area contributed by atoms with Crippen LogP contribution < -0.4 is 21.9 Å². The molecule has 0 bridgehead atoms. The van der Waals surface area contributed by atoms with Crippen LogP contribution in [0, 0.1) is 13.8 Å². The van der Waals surface area contributed by atoms with E-state index in [0.717, 1.165) is 22.3 Å². The minimum absolute atomic E-state index is 0.239. The normalized spacial score (nSPS) is 21.1. The van der Waals surface area contributed by atoms with Crippen molar-refractivity contribution in [2.75, 3.05) is 17.8 Å². The van der Waals surface area contributed by atoms with Crippen molar-refractivity contribution in [1.82, 2.24) is 15.4 Å². The standard InChI is InChI=1S/C14H18N6/c1-8-5-4-6-9(2)11(8)14(16)10-7-17-13(15)18-12(10)20(3)19-14/h4-7,19H,16H2,1-3H3,(H2,15,17,18). The van der Waals surface area contributed by atoms with Gasteiger partial charge in [0.15, 0.2) is 5.82 Å². The van der Waals surface area contributed by atoms with Gasteiger partial charge in [-0.15, -0.1) is 0 Å². The molecule has 0 fully saturated rings. The van der Waals surface area contributed by atoms with Crippen molar-refractivity contribution in [2.45, 2.75) is 19.5 Å². The van der Waals surface area contributed by atoms with Gasteiger partial charge in [-0.2, -0.15) is 4.98 Å². The van der Waals surface area contributed by atoms with E-state index in [2.05, 4.69) is 41.4 Å². The Hall–Kier alpha value is -2.18. The Morgan fingerprint density at radius 2 is 1.90 bits per heavy atom. The topological polar surface area (TPSA) is 93.1 Å². The van der Waals surface area contributed by atoms with Crippen molar-refractivity contribution in [3.63, 3.8) is 0 Å². The number of nitrogens with one attached hydrogen (secondary N) is 1. The monoisotopic (exact) mass is 270 g/mol. The Bertz CT molecular complexity index is 663. The van der Waals surface area contributed by atoms with Crippen LogP contribution in [0.1, 0.15) is 22.3 Å². The molecule has 6 nitrogen and oxygen atoms in total. The van der Waals surface area contributed by atoms with Gasteiger partial charge in [0.25, 0.3) is 0 Å². The molecule has 3 rings (SSSR count). The molecule has 104 valence electrons. The summed E-state index contributed by atoms with van der Waals surface area (Å²) in [5.41, 5.74) is 18.9. The predicted octanol–water partition coefficient (Wildman–Crippen LogP) is 0.790. The highest BCUT2D eigenvalue weighted by Crippen LogP contribution is 2.38. The third kappa shape index (κ3) is 1.65. The Balaban J connectivity index is 2.26. The van der Waals surface area contributed by atoms with Crippen molar-refractivity contribution < 1.29 is 0 Å². The van der Waals surface area contributed by atoms with E-state index in [0.29, 0.717) is 5.82 Å². The van der Waals surface area contributed by atoms with E-state index < -0.39 is 5.66 Å². The molecule has 0 radical (unpaired) electrons. The number of benzene rings is 1. The SMILES string of the molecule is Cc1cccc(C)c1C1(N)NN(C)c2nc(N)ncc21. The number of hydrazine groups is 1. The lowest BCUT2D eigenvalue weighted by atomic mass is 9.88. The summed E-state index contributed by atoms with van der Waals surface area (Å²) in [5.74, 6) is 0.950. The molecule has 5 N–H and O–H groups in total. The highest BCUT2D eigenvalue weighted by Gasteiger charge is 2.42. The minimum atomic E-state index is -0.840. The number of nitrogens with zero attached hydrogens (tertiary/aromatic N) is 3. The van der Waals surface area contributed by atoms with E-state index in [1.165, 1.54) is 0 Å². The van der Waals surface area contributed by atoms with Crippen LogP contribution in [0.25, 0.3) is 0 Å². The summed E-state index contributed by atoms with van der Waals surface area (Å²) in [5, 5.41) is 1.79. The smallest absolute Gasteiger partial charge is 0.221 e. The van der Waals surface area contributed by atoms with Gasteiger partial charge in [-0.3, -0.25) is 5.01 Å². The van der Waals surface area contributed by atoms with Crippen LogP contribution in [0.2, 0.25) is 0 Å². The molecule has 1 atom stereocenters. The maximum atomic E-state index is 6.66. The van der Waals surface area contributed by atoms with Crippen molar-refractivity contribution in [2.24, 2.45) is 5.73 Å². The zero-order chi connectivity index (χ0) is 14.5. The number of nitrogen functional groups attached to an aromatic ring is 1. The zero-order valence-corrected chi connectivity index (χ0v) is 11.8. The van der Waals surface area contributed by atoms with Gasteiger partial charge in [0, 0.05) is 13.2 Å². The van der Waals surface area contributed by atoms with E-state index in [1.54, 1.807) is 11.2 Å². The van der Waals surface area contributed by atoms with Crippen LogP contribution in [0.4, 0.5) is 11.8 Å². The van der Waals surface area contributed by atoms with Gasteiger partial charge in [-0.05, 0) is 30.5 Å². The van der Waals surface area contributed by atoms with Crippen molar-refractivity contribution >= 4 is 11.8 Å². The maximum Gasteiger partial charge on any atom is 0.221 e. The summed E-state index contributed by atoms with van der Waals surface area (Å²) in [6, 6.07) is 6.13. The van der Waals surface area contributed by atoms with Crippen LogP contribution in [0.15, 0.2) is 24.4 Å². The summed E-state index contributed by atoms with van der Waals surface area (Å²) in [6.45, 7) is 4.10. The van der Waals surface area contributed by atoms with Crippen LogP contribution in [-0.4, -0.2) is 17.0 Å². The zero-order valence-electron chi connectivity index (χ0n) is 11.8. The number of rotatable bonds is 1. The van der Waals surface area contributed by atoms with Crippen molar-refractivity contribution in [3.8, 4) is 0 Å². The van der Waals surface area contributed by atoms with Crippen LogP contribution >= 0.6 is 0 Å². The molecule has 0 saturated heterocycles. The van der Waals surface area contributed by atoms with Crippen molar-refractivity contribution in [3.05, 3.63) is 46.6 Å². The molecule has 20 heavy (non-hydrogen) atoms. The molecule has 1 aromatic carbocycles. The molecule has 2 heterocycles. The summed E-state index contributed by atoms with van der Waals surface area (Å²) in [4.78, 5) is 8.35. The molecular formula is C14H18N6. The quantitative estimate of drug-likeness (QED) is 0.709. The van der Waals surface area contributed by atoms with Crippen LogP contribution in [0.5, 0.6) is 0 Å². The Kier molecular flexibility index (Phi) is 2.67. The first-order valence-electron chi connectivity index (χ1n) is 6.43. The second-order valence-corrected chi connectivity index (χ2v) is 5.21. The minimum Gasteiger partial charge on any atom is -0.368 e. The molecule has 2 aromatic rings. The Labute approximate surface area is 117 Å². The third-order valence-electron chi connectivity index (χ3n) is 3.75. The molecule has 0 amide bonds. The lowest BCUT2D eigenvalue weighted by molar-refractivity contribution is 0.442. The van der Waals surface area contributed by atoms with Gasteiger partial charge in [0.2, 0.25) is 5.95 Å². The molecule has 1 aliphatic rings. The number of aromatic nitrogens is 2. The average molecular weight is 270 g/mol. The molecule has 1 aliphatic heterocycles. The molecule has 1 unspecified atom stereocenters.